The highest BCUT2D eigenvalue weighted by atomic mass is 16.5. The number of aromatic nitrogens is 2. The van der Waals surface area contributed by atoms with E-state index in [0.29, 0.717) is 18.0 Å². The van der Waals surface area contributed by atoms with Gasteiger partial charge in [0, 0.05) is 13.6 Å². The van der Waals surface area contributed by atoms with E-state index in [1.165, 1.54) is 17.3 Å². The number of amides is 2. The highest BCUT2D eigenvalue weighted by molar-refractivity contribution is 6.39. The molecule has 0 saturated carbocycles. The third-order valence-corrected chi connectivity index (χ3v) is 2.93. The van der Waals surface area contributed by atoms with Crippen LogP contribution in [0.5, 0.6) is 11.5 Å². The van der Waals surface area contributed by atoms with Gasteiger partial charge < -0.3 is 9.64 Å². The number of nitrogens with zero attached hydrogens (tertiary/aromatic N) is 3. The average molecular weight is 314 g/mol. The van der Waals surface area contributed by atoms with Gasteiger partial charge in [0.1, 0.15) is 5.75 Å². The van der Waals surface area contributed by atoms with Crippen molar-refractivity contribution in [3.8, 4) is 11.5 Å². The largest absolute Gasteiger partial charge is 0.454 e. The van der Waals surface area contributed by atoms with E-state index in [0.717, 1.165) is 6.42 Å². The fourth-order valence-electron chi connectivity index (χ4n) is 1.82. The first kappa shape index (κ1) is 16.4. The maximum absolute atomic E-state index is 11.8. The molecule has 1 N–H and O–H groups in total. The third kappa shape index (κ3) is 4.77. The van der Waals surface area contributed by atoms with Crippen molar-refractivity contribution >= 4 is 17.8 Å². The lowest BCUT2D eigenvalue weighted by atomic mass is 10.3. The fraction of sp³-hybridized carbons (Fsp3) is 0.250. The number of hydrogen-bond donors (Lipinski definition) is 1. The van der Waals surface area contributed by atoms with Crippen molar-refractivity contribution in [2.24, 2.45) is 0 Å². The number of carbonyl (C=O) groups is 2. The van der Waals surface area contributed by atoms with Gasteiger partial charge in [-0.05, 0) is 18.6 Å². The van der Waals surface area contributed by atoms with Crippen LogP contribution in [0.3, 0.4) is 0 Å². The summed E-state index contributed by atoms with van der Waals surface area (Å²) in [5, 5.41) is 2.36. The molecular formula is C16H18N4O3. The molecule has 2 amide bonds. The highest BCUT2D eigenvalue weighted by Crippen LogP contribution is 2.19. The second kappa shape index (κ2) is 7.88. The minimum atomic E-state index is -0.766. The molecule has 23 heavy (non-hydrogen) atoms. The lowest BCUT2D eigenvalue weighted by molar-refractivity contribution is -0.142. The van der Waals surface area contributed by atoms with Crippen molar-refractivity contribution in [1.82, 2.24) is 14.9 Å². The SMILES string of the molecule is CCCN(C)C(=O)C(=O)Nc1ncc(Oc2ccccc2)cn1. The second-order valence-corrected chi connectivity index (χ2v) is 4.84. The van der Waals surface area contributed by atoms with Crippen LogP contribution in [0.25, 0.3) is 0 Å². The molecule has 0 aliphatic rings. The van der Waals surface area contributed by atoms with Crippen molar-refractivity contribution in [1.29, 1.82) is 0 Å². The van der Waals surface area contributed by atoms with E-state index >= 15 is 0 Å². The molecule has 7 nitrogen and oxygen atoms in total. The van der Waals surface area contributed by atoms with Crippen molar-refractivity contribution in [3.05, 3.63) is 42.7 Å². The van der Waals surface area contributed by atoms with Crippen LogP contribution in [0.4, 0.5) is 5.95 Å². The lowest BCUT2D eigenvalue weighted by Gasteiger charge is -2.14. The number of anilines is 1. The molecular weight excluding hydrogens is 296 g/mol. The summed E-state index contributed by atoms with van der Waals surface area (Å²) in [6.07, 6.45) is 3.63. The number of nitrogens with one attached hydrogen (secondary N) is 1. The Labute approximate surface area is 134 Å². The summed E-state index contributed by atoms with van der Waals surface area (Å²) in [6, 6.07) is 9.19. The minimum Gasteiger partial charge on any atom is -0.454 e. The second-order valence-electron chi connectivity index (χ2n) is 4.84. The topological polar surface area (TPSA) is 84.4 Å². The zero-order valence-electron chi connectivity index (χ0n) is 13.0. The zero-order valence-corrected chi connectivity index (χ0v) is 13.0. The van der Waals surface area contributed by atoms with E-state index in [9.17, 15) is 9.59 Å². The summed E-state index contributed by atoms with van der Waals surface area (Å²) in [4.78, 5) is 32.8. The van der Waals surface area contributed by atoms with Gasteiger partial charge in [-0.3, -0.25) is 14.9 Å². The first-order chi connectivity index (χ1) is 11.1. The Hall–Kier alpha value is -2.96. The van der Waals surface area contributed by atoms with Gasteiger partial charge in [-0.1, -0.05) is 25.1 Å². The Balaban J connectivity index is 1.94. The number of rotatable bonds is 5. The molecule has 7 heteroatoms. The summed E-state index contributed by atoms with van der Waals surface area (Å²) in [5.41, 5.74) is 0. The first-order valence-electron chi connectivity index (χ1n) is 7.21. The Kier molecular flexibility index (Phi) is 5.62. The smallest absolute Gasteiger partial charge is 0.316 e. The Morgan fingerprint density at radius 3 is 2.39 bits per heavy atom. The number of para-hydroxylation sites is 1. The van der Waals surface area contributed by atoms with E-state index in [4.69, 9.17) is 4.74 Å². The van der Waals surface area contributed by atoms with Gasteiger partial charge in [0.2, 0.25) is 5.95 Å². The fourth-order valence-corrected chi connectivity index (χ4v) is 1.82. The van der Waals surface area contributed by atoms with Crippen LogP contribution in [0.15, 0.2) is 42.7 Å². The maximum Gasteiger partial charge on any atom is 0.316 e. The molecule has 0 aliphatic heterocycles. The first-order valence-corrected chi connectivity index (χ1v) is 7.21. The van der Waals surface area contributed by atoms with Gasteiger partial charge >= 0.3 is 11.8 Å². The monoisotopic (exact) mass is 314 g/mol. The standard InChI is InChI=1S/C16H18N4O3/c1-3-9-20(2)15(22)14(21)19-16-17-10-13(11-18-16)23-12-7-5-4-6-8-12/h4-8,10-11H,3,9H2,1-2H3,(H,17,18,19,21). The van der Waals surface area contributed by atoms with Crippen molar-refractivity contribution < 1.29 is 14.3 Å². The number of ether oxygens (including phenoxy) is 1. The molecule has 0 saturated heterocycles. The molecule has 120 valence electrons. The van der Waals surface area contributed by atoms with Gasteiger partial charge in [-0.2, -0.15) is 0 Å². The maximum atomic E-state index is 11.8. The van der Waals surface area contributed by atoms with Gasteiger partial charge in [0.05, 0.1) is 12.4 Å². The van der Waals surface area contributed by atoms with Crippen molar-refractivity contribution in [3.63, 3.8) is 0 Å². The molecule has 0 aliphatic carbocycles. The Morgan fingerprint density at radius 2 is 1.78 bits per heavy atom. The highest BCUT2D eigenvalue weighted by Gasteiger charge is 2.18. The third-order valence-electron chi connectivity index (χ3n) is 2.93. The summed E-state index contributed by atoms with van der Waals surface area (Å²) >= 11 is 0. The van der Waals surface area contributed by atoms with E-state index in [1.54, 1.807) is 19.2 Å². The van der Waals surface area contributed by atoms with Gasteiger partial charge in [-0.25, -0.2) is 9.97 Å². The molecule has 1 aromatic heterocycles. The molecule has 0 radical (unpaired) electrons. The molecule has 0 fully saturated rings. The van der Waals surface area contributed by atoms with Crippen molar-refractivity contribution in [2.45, 2.75) is 13.3 Å². The van der Waals surface area contributed by atoms with Crippen LogP contribution >= 0.6 is 0 Å². The van der Waals surface area contributed by atoms with E-state index < -0.39 is 11.8 Å². The van der Waals surface area contributed by atoms with Gasteiger partial charge in [0.15, 0.2) is 5.75 Å². The Morgan fingerprint density at radius 1 is 1.13 bits per heavy atom. The van der Waals surface area contributed by atoms with Crippen LogP contribution in [0.1, 0.15) is 13.3 Å². The average Bonchev–Trinajstić information content (AvgIpc) is 2.57. The van der Waals surface area contributed by atoms with Gasteiger partial charge in [-0.15, -0.1) is 0 Å². The minimum absolute atomic E-state index is 0.0497. The lowest BCUT2D eigenvalue weighted by Crippen LogP contribution is -2.37. The van der Waals surface area contributed by atoms with Crippen molar-refractivity contribution in [2.75, 3.05) is 18.9 Å². The number of likely N-dealkylation sites (N-methyl/N-ethyl adjacent to an activating group) is 1. The number of carbonyl (C=O) groups excluding carboxylic acids is 2. The summed E-state index contributed by atoms with van der Waals surface area (Å²) < 4.78 is 5.54. The number of hydrogen-bond acceptors (Lipinski definition) is 5. The molecule has 2 aromatic rings. The van der Waals surface area contributed by atoms with Gasteiger partial charge in [0.25, 0.3) is 0 Å². The van der Waals surface area contributed by atoms with Crippen LogP contribution < -0.4 is 10.1 Å². The summed E-state index contributed by atoms with van der Waals surface area (Å²) in [5.74, 6) is -0.251. The Bertz CT molecular complexity index is 659. The van der Waals surface area contributed by atoms with E-state index in [1.807, 2.05) is 25.1 Å². The molecule has 1 aromatic carbocycles. The zero-order chi connectivity index (χ0) is 16.7. The quantitative estimate of drug-likeness (QED) is 0.854. The molecule has 0 bridgehead atoms. The number of benzene rings is 1. The molecule has 1 heterocycles. The summed E-state index contributed by atoms with van der Waals surface area (Å²) in [7, 11) is 1.57. The predicted octanol–water partition coefficient (Wildman–Crippen LogP) is 2.08. The normalized spacial score (nSPS) is 10.0. The van der Waals surface area contributed by atoms with Crippen LogP contribution in [0, 0.1) is 0 Å². The van der Waals surface area contributed by atoms with Crippen LogP contribution in [0.2, 0.25) is 0 Å². The molecule has 0 unspecified atom stereocenters. The van der Waals surface area contributed by atoms with Crippen LogP contribution in [-0.4, -0.2) is 40.3 Å². The van der Waals surface area contributed by atoms with E-state index in [-0.39, 0.29) is 5.95 Å². The van der Waals surface area contributed by atoms with Crippen LogP contribution in [-0.2, 0) is 9.59 Å². The molecule has 2 rings (SSSR count). The molecule has 0 spiro atoms. The summed E-state index contributed by atoms with van der Waals surface area (Å²) in [6.45, 7) is 2.44. The van der Waals surface area contributed by atoms with E-state index in [2.05, 4.69) is 15.3 Å². The molecule has 0 atom stereocenters. The predicted molar refractivity (Wildman–Crippen MR) is 85.1 cm³/mol.